The number of alkyl halides is 4. The quantitative estimate of drug-likeness (QED) is 0.514. The molecule has 0 amide bonds. The summed E-state index contributed by atoms with van der Waals surface area (Å²) in [5.41, 5.74) is 0.438. The van der Waals surface area contributed by atoms with Crippen molar-refractivity contribution in [3.8, 4) is 11.5 Å². The summed E-state index contributed by atoms with van der Waals surface area (Å²) < 4.78 is 45.4. The summed E-state index contributed by atoms with van der Waals surface area (Å²) in [6.45, 7) is 1.88. The Morgan fingerprint density at radius 2 is 1.67 bits per heavy atom. The largest absolute Gasteiger partial charge is 0.457 e. The molecule has 0 saturated carbocycles. The lowest BCUT2D eigenvalue weighted by atomic mass is 10.1. The first kappa shape index (κ1) is 16.4. The first-order valence-corrected chi connectivity index (χ1v) is 7.93. The molecule has 2 aromatic rings. The van der Waals surface area contributed by atoms with Crippen molar-refractivity contribution in [2.45, 2.75) is 18.4 Å². The van der Waals surface area contributed by atoms with E-state index in [1.807, 2.05) is 6.92 Å². The van der Waals surface area contributed by atoms with Crippen molar-refractivity contribution in [3.05, 3.63) is 57.6 Å². The SMILES string of the molecule is Cc1cc(Oc2ccc(CBr)c(C(F)(F)F)c2)ccc1Br. The minimum Gasteiger partial charge on any atom is -0.457 e. The second kappa shape index (κ2) is 6.40. The van der Waals surface area contributed by atoms with Crippen molar-refractivity contribution in [2.24, 2.45) is 0 Å². The number of hydrogen-bond donors (Lipinski definition) is 0. The van der Waals surface area contributed by atoms with Crippen LogP contribution in [0.4, 0.5) is 13.2 Å². The molecule has 0 heterocycles. The van der Waals surface area contributed by atoms with Crippen LogP contribution in [0.3, 0.4) is 0 Å². The molecule has 0 radical (unpaired) electrons. The van der Waals surface area contributed by atoms with Gasteiger partial charge in [0, 0.05) is 9.80 Å². The van der Waals surface area contributed by atoms with Gasteiger partial charge in [-0.3, -0.25) is 0 Å². The number of ether oxygens (including phenoxy) is 1. The van der Waals surface area contributed by atoms with Crippen molar-refractivity contribution >= 4 is 31.9 Å². The summed E-state index contributed by atoms with van der Waals surface area (Å²) in [6.07, 6.45) is -4.40. The van der Waals surface area contributed by atoms with Gasteiger partial charge in [-0.25, -0.2) is 0 Å². The summed E-state index contributed by atoms with van der Waals surface area (Å²) in [6, 6.07) is 9.22. The smallest absolute Gasteiger partial charge is 0.416 e. The van der Waals surface area contributed by atoms with Crippen LogP contribution in [0.5, 0.6) is 11.5 Å². The molecule has 0 atom stereocenters. The van der Waals surface area contributed by atoms with Gasteiger partial charge in [0.15, 0.2) is 0 Å². The molecule has 0 unspecified atom stereocenters. The monoisotopic (exact) mass is 422 g/mol. The molecule has 21 heavy (non-hydrogen) atoms. The van der Waals surface area contributed by atoms with Gasteiger partial charge in [0.05, 0.1) is 5.56 Å². The standard InChI is InChI=1S/C15H11Br2F3O/c1-9-6-11(4-5-14(9)17)21-12-3-2-10(8-16)13(7-12)15(18,19)20/h2-7H,8H2,1H3. The molecule has 6 heteroatoms. The Labute approximate surface area is 137 Å². The highest BCUT2D eigenvalue weighted by Crippen LogP contribution is 2.36. The van der Waals surface area contributed by atoms with E-state index in [4.69, 9.17) is 4.74 Å². The van der Waals surface area contributed by atoms with E-state index < -0.39 is 11.7 Å². The van der Waals surface area contributed by atoms with Crippen molar-refractivity contribution in [3.63, 3.8) is 0 Å². The number of rotatable bonds is 3. The molecular weight excluding hydrogens is 413 g/mol. The van der Waals surface area contributed by atoms with Crippen LogP contribution in [0.25, 0.3) is 0 Å². The highest BCUT2D eigenvalue weighted by Gasteiger charge is 2.33. The maximum Gasteiger partial charge on any atom is 0.416 e. The Morgan fingerprint density at radius 1 is 1.05 bits per heavy atom. The predicted octanol–water partition coefficient (Wildman–Crippen LogP) is 6.46. The van der Waals surface area contributed by atoms with Crippen LogP contribution in [0.15, 0.2) is 40.9 Å². The molecule has 0 aliphatic rings. The fourth-order valence-electron chi connectivity index (χ4n) is 1.82. The number of halogens is 5. The van der Waals surface area contributed by atoms with Crippen molar-refractivity contribution in [2.75, 3.05) is 0 Å². The molecule has 112 valence electrons. The second-order valence-electron chi connectivity index (χ2n) is 4.46. The fourth-order valence-corrected chi connectivity index (χ4v) is 2.55. The van der Waals surface area contributed by atoms with Gasteiger partial charge in [0.25, 0.3) is 0 Å². The molecule has 0 aliphatic heterocycles. The molecule has 0 saturated heterocycles. The molecule has 0 spiro atoms. The van der Waals surface area contributed by atoms with E-state index in [0.717, 1.165) is 16.1 Å². The van der Waals surface area contributed by atoms with E-state index in [1.165, 1.54) is 12.1 Å². The third-order valence-electron chi connectivity index (χ3n) is 2.90. The van der Waals surface area contributed by atoms with Gasteiger partial charge in [-0.1, -0.05) is 37.9 Å². The van der Waals surface area contributed by atoms with Crippen LogP contribution in [0.2, 0.25) is 0 Å². The third kappa shape index (κ3) is 4.01. The number of aryl methyl sites for hydroxylation is 1. The van der Waals surface area contributed by atoms with Gasteiger partial charge in [-0.05, 0) is 48.4 Å². The predicted molar refractivity (Wildman–Crippen MR) is 83.0 cm³/mol. The van der Waals surface area contributed by atoms with Crippen LogP contribution >= 0.6 is 31.9 Å². The summed E-state index contributed by atoms with van der Waals surface area (Å²) in [5, 5.41) is 0.138. The summed E-state index contributed by atoms with van der Waals surface area (Å²) in [7, 11) is 0. The molecule has 0 fully saturated rings. The average molecular weight is 424 g/mol. The Kier molecular flexibility index (Phi) is 4.99. The molecule has 0 aliphatic carbocycles. The lowest BCUT2D eigenvalue weighted by Gasteiger charge is -2.14. The van der Waals surface area contributed by atoms with Gasteiger partial charge < -0.3 is 4.74 Å². The Morgan fingerprint density at radius 3 is 2.24 bits per heavy atom. The minimum atomic E-state index is -4.40. The Hall–Kier alpha value is -1.01. The van der Waals surface area contributed by atoms with Crippen LogP contribution in [0, 0.1) is 6.92 Å². The normalized spacial score (nSPS) is 11.5. The van der Waals surface area contributed by atoms with Gasteiger partial charge in [0.1, 0.15) is 11.5 Å². The van der Waals surface area contributed by atoms with E-state index in [1.54, 1.807) is 18.2 Å². The van der Waals surface area contributed by atoms with Gasteiger partial charge >= 0.3 is 6.18 Å². The maximum absolute atomic E-state index is 13.0. The van der Waals surface area contributed by atoms with Crippen LogP contribution in [0.1, 0.15) is 16.7 Å². The number of hydrogen-bond acceptors (Lipinski definition) is 1. The van der Waals surface area contributed by atoms with Crippen molar-refractivity contribution < 1.29 is 17.9 Å². The first-order chi connectivity index (χ1) is 9.81. The van der Waals surface area contributed by atoms with Crippen LogP contribution < -0.4 is 4.74 Å². The zero-order valence-electron chi connectivity index (χ0n) is 11.0. The maximum atomic E-state index is 13.0. The average Bonchev–Trinajstić information content (AvgIpc) is 2.42. The molecule has 2 aromatic carbocycles. The zero-order valence-corrected chi connectivity index (χ0v) is 14.1. The molecule has 0 aromatic heterocycles. The highest BCUT2D eigenvalue weighted by molar-refractivity contribution is 9.10. The lowest BCUT2D eigenvalue weighted by molar-refractivity contribution is -0.138. The van der Waals surface area contributed by atoms with Gasteiger partial charge in [-0.15, -0.1) is 0 Å². The van der Waals surface area contributed by atoms with E-state index >= 15 is 0 Å². The molecule has 0 bridgehead atoms. The third-order valence-corrected chi connectivity index (χ3v) is 4.39. The van der Waals surface area contributed by atoms with E-state index in [0.29, 0.717) is 5.75 Å². The molecule has 2 rings (SSSR count). The fraction of sp³-hybridized carbons (Fsp3) is 0.200. The Bertz CT molecular complexity index is 654. The Balaban J connectivity index is 2.34. The first-order valence-electron chi connectivity index (χ1n) is 6.01. The topological polar surface area (TPSA) is 9.23 Å². The van der Waals surface area contributed by atoms with Crippen molar-refractivity contribution in [1.82, 2.24) is 0 Å². The second-order valence-corrected chi connectivity index (χ2v) is 5.88. The van der Waals surface area contributed by atoms with Crippen LogP contribution in [-0.4, -0.2) is 0 Å². The highest BCUT2D eigenvalue weighted by atomic mass is 79.9. The van der Waals surface area contributed by atoms with E-state index in [9.17, 15) is 13.2 Å². The van der Waals surface area contributed by atoms with Gasteiger partial charge in [-0.2, -0.15) is 13.2 Å². The summed E-state index contributed by atoms with van der Waals surface area (Å²) >= 11 is 6.43. The summed E-state index contributed by atoms with van der Waals surface area (Å²) in [4.78, 5) is 0. The zero-order chi connectivity index (χ0) is 15.6. The van der Waals surface area contributed by atoms with E-state index in [2.05, 4.69) is 31.9 Å². The lowest BCUT2D eigenvalue weighted by Crippen LogP contribution is -2.08. The van der Waals surface area contributed by atoms with Gasteiger partial charge in [0.2, 0.25) is 0 Å². The van der Waals surface area contributed by atoms with E-state index in [-0.39, 0.29) is 16.6 Å². The molecular formula is C15H11Br2F3O. The van der Waals surface area contributed by atoms with Crippen LogP contribution in [-0.2, 0) is 11.5 Å². The molecule has 0 N–H and O–H groups in total. The molecule has 1 nitrogen and oxygen atoms in total. The number of benzene rings is 2. The minimum absolute atomic E-state index is 0.138. The summed E-state index contributed by atoms with van der Waals surface area (Å²) in [5.74, 6) is 0.657. The van der Waals surface area contributed by atoms with Crippen molar-refractivity contribution in [1.29, 1.82) is 0 Å².